The van der Waals surface area contributed by atoms with Crippen LogP contribution in [-0.2, 0) is 15.1 Å². The average molecular weight is 690 g/mol. The van der Waals surface area contributed by atoms with Gasteiger partial charge >= 0.3 is 0 Å². The summed E-state index contributed by atoms with van der Waals surface area (Å²) >= 11 is 13.4. The number of amides is 2. The van der Waals surface area contributed by atoms with Crippen molar-refractivity contribution in [3.63, 3.8) is 0 Å². The quantitative estimate of drug-likeness (QED) is 0.372. The van der Waals surface area contributed by atoms with E-state index in [0.29, 0.717) is 59.0 Å². The van der Waals surface area contributed by atoms with E-state index in [-0.39, 0.29) is 28.3 Å². The molecule has 244 valence electrons. The number of amidine groups is 1. The number of hydrogen-bond donors (Lipinski definition) is 1. The highest BCUT2D eigenvalue weighted by Gasteiger charge is 2.55. The van der Waals surface area contributed by atoms with Gasteiger partial charge < -0.3 is 20.0 Å². The van der Waals surface area contributed by atoms with Crippen molar-refractivity contribution in [3.05, 3.63) is 74.3 Å². The first kappa shape index (κ1) is 31.8. The van der Waals surface area contributed by atoms with E-state index >= 15 is 0 Å². The van der Waals surface area contributed by atoms with Gasteiger partial charge in [-0.05, 0) is 74.0 Å². The molecule has 4 aliphatic heterocycles. The van der Waals surface area contributed by atoms with Crippen LogP contribution in [0.3, 0.4) is 0 Å². The normalized spacial score (nSPS) is 28.4. The standard InChI is InChI=1S/C33H36Cl2F2N6O2S/c1-18(2)26-27(30(45)42-21(15-36)6-8-24(42)29(44)41-13-12-39-33(17-41)10-11-33)46-31-40-32(3,20-5-9-25(35)38-16-20)28(43(26)31)19-4-7-22(34)23(37)14-19/h4-5,7,9,14,16,18,21,24,28,39H,6,8,10-13,15,17H2,1-3H3/t21-,24-,28+,32-/m0/s1. The van der Waals surface area contributed by atoms with Crippen LogP contribution in [0.2, 0.25) is 10.2 Å². The largest absolute Gasteiger partial charge is 0.338 e. The number of nitrogens with zero attached hydrogens (tertiary/aromatic N) is 5. The molecule has 8 nitrogen and oxygen atoms in total. The van der Waals surface area contributed by atoms with Crippen molar-refractivity contribution in [2.24, 2.45) is 10.9 Å². The fourth-order valence-corrected chi connectivity index (χ4v) is 9.11. The second-order valence-electron chi connectivity index (χ2n) is 13.4. The Morgan fingerprint density at radius 2 is 1.96 bits per heavy atom. The molecule has 1 aromatic heterocycles. The number of aromatic nitrogens is 1. The topological polar surface area (TPSA) is 81.1 Å². The minimum atomic E-state index is -0.927. The SMILES string of the molecule is CC(C)C1=C(C(=O)N2[C@H](CF)CC[C@H]2C(=O)N2CCNC3(CC3)C2)SC2=N[C@@](C)(c3ccc(Cl)nc3)[C@@H](c3ccc(Cl)c(F)c3)N21. The number of likely N-dealkylation sites (tertiary alicyclic amines) is 1. The average Bonchev–Trinajstić information content (AvgIpc) is 3.35. The third kappa shape index (κ3) is 5.22. The maximum Gasteiger partial charge on any atom is 0.263 e. The summed E-state index contributed by atoms with van der Waals surface area (Å²) in [4.78, 5) is 43.8. The lowest BCUT2D eigenvalue weighted by Gasteiger charge is -2.38. The molecule has 2 saturated heterocycles. The number of thioether (sulfide) groups is 1. The predicted octanol–water partition coefficient (Wildman–Crippen LogP) is 6.06. The molecule has 2 amide bonds. The van der Waals surface area contributed by atoms with Gasteiger partial charge in [0.2, 0.25) is 5.91 Å². The Balaban J connectivity index is 1.28. The molecule has 5 heterocycles. The second-order valence-corrected chi connectivity index (χ2v) is 15.2. The molecule has 3 fully saturated rings. The summed E-state index contributed by atoms with van der Waals surface area (Å²) in [5.74, 6) is -1.20. The number of fused-ring (bicyclic) bond motifs is 1. The Hall–Kier alpha value is -2.73. The van der Waals surface area contributed by atoms with Crippen LogP contribution < -0.4 is 5.32 Å². The minimum absolute atomic E-state index is 0.00291. The van der Waals surface area contributed by atoms with Gasteiger partial charge in [0.25, 0.3) is 5.91 Å². The lowest BCUT2D eigenvalue weighted by Crippen LogP contribution is -2.58. The van der Waals surface area contributed by atoms with Crippen LogP contribution in [0.25, 0.3) is 0 Å². The van der Waals surface area contributed by atoms with Crippen molar-refractivity contribution in [2.45, 2.75) is 75.7 Å². The molecule has 1 saturated carbocycles. The Morgan fingerprint density at radius 1 is 1.17 bits per heavy atom. The fourth-order valence-electron chi connectivity index (χ4n) is 7.53. The zero-order valence-electron chi connectivity index (χ0n) is 25.9. The van der Waals surface area contributed by atoms with Gasteiger partial charge in [-0.2, -0.15) is 0 Å². The van der Waals surface area contributed by atoms with Gasteiger partial charge in [-0.3, -0.25) is 9.59 Å². The summed E-state index contributed by atoms with van der Waals surface area (Å²) in [6.07, 6.45) is 4.56. The van der Waals surface area contributed by atoms with E-state index in [1.807, 2.05) is 36.6 Å². The molecule has 13 heteroatoms. The molecule has 1 N–H and O–H groups in total. The van der Waals surface area contributed by atoms with Crippen molar-refractivity contribution in [2.75, 3.05) is 26.3 Å². The number of benzene rings is 1. The second kappa shape index (κ2) is 11.8. The summed E-state index contributed by atoms with van der Waals surface area (Å²) in [5, 5.41) is 4.43. The Bertz CT molecular complexity index is 1650. The third-order valence-corrected chi connectivity index (χ3v) is 11.7. The molecule has 7 rings (SSSR count). The Kier molecular flexibility index (Phi) is 8.14. The van der Waals surface area contributed by atoms with Crippen LogP contribution in [-0.4, -0.2) is 80.6 Å². The zero-order valence-corrected chi connectivity index (χ0v) is 28.2. The van der Waals surface area contributed by atoms with E-state index in [4.69, 9.17) is 28.2 Å². The van der Waals surface area contributed by atoms with E-state index in [0.717, 1.165) is 18.4 Å². The van der Waals surface area contributed by atoms with Crippen LogP contribution in [0.5, 0.6) is 0 Å². The van der Waals surface area contributed by atoms with E-state index < -0.39 is 36.2 Å². The van der Waals surface area contributed by atoms with Crippen LogP contribution in [0, 0.1) is 11.7 Å². The summed E-state index contributed by atoms with van der Waals surface area (Å²) in [6, 6.07) is 6.26. The molecular weight excluding hydrogens is 653 g/mol. The van der Waals surface area contributed by atoms with Gasteiger partial charge in [-0.25, -0.2) is 18.8 Å². The molecule has 0 radical (unpaired) electrons. The lowest BCUT2D eigenvalue weighted by molar-refractivity contribution is -0.144. The van der Waals surface area contributed by atoms with Gasteiger partial charge in [0, 0.05) is 42.6 Å². The number of halogens is 4. The molecule has 2 aromatic rings. The summed E-state index contributed by atoms with van der Waals surface area (Å²) in [5.41, 5.74) is 1.15. The van der Waals surface area contributed by atoms with Crippen molar-refractivity contribution < 1.29 is 18.4 Å². The van der Waals surface area contributed by atoms with Gasteiger partial charge in [0.05, 0.1) is 17.1 Å². The van der Waals surface area contributed by atoms with Gasteiger partial charge in [-0.15, -0.1) is 0 Å². The predicted molar refractivity (Wildman–Crippen MR) is 176 cm³/mol. The van der Waals surface area contributed by atoms with E-state index in [1.54, 1.807) is 18.3 Å². The van der Waals surface area contributed by atoms with Gasteiger partial charge in [-0.1, -0.05) is 49.2 Å². The molecule has 46 heavy (non-hydrogen) atoms. The summed E-state index contributed by atoms with van der Waals surface area (Å²) < 4.78 is 29.5. The number of carbonyl (C=O) groups excluding carboxylic acids is 2. The molecule has 0 unspecified atom stereocenters. The molecule has 5 aliphatic rings. The number of carbonyl (C=O) groups is 2. The monoisotopic (exact) mass is 688 g/mol. The number of nitrogens with one attached hydrogen (secondary N) is 1. The first-order valence-corrected chi connectivity index (χ1v) is 17.3. The van der Waals surface area contributed by atoms with Gasteiger partial charge in [0.1, 0.15) is 34.1 Å². The first-order valence-electron chi connectivity index (χ1n) is 15.8. The fraction of sp³-hybridized carbons (Fsp3) is 0.515. The number of allylic oxidation sites excluding steroid dienone is 1. The highest BCUT2D eigenvalue weighted by atomic mass is 35.5. The molecule has 1 aliphatic carbocycles. The van der Waals surface area contributed by atoms with E-state index in [9.17, 15) is 18.4 Å². The van der Waals surface area contributed by atoms with Crippen molar-refractivity contribution in [1.82, 2.24) is 25.0 Å². The molecular formula is C33H36Cl2F2N6O2S. The number of aliphatic imine (C=N–C) groups is 1. The first-order chi connectivity index (χ1) is 22.0. The van der Waals surface area contributed by atoms with E-state index in [2.05, 4.69) is 10.3 Å². The summed E-state index contributed by atoms with van der Waals surface area (Å²) in [7, 11) is 0. The number of piperazine rings is 1. The summed E-state index contributed by atoms with van der Waals surface area (Å²) in [6.45, 7) is 7.09. The van der Waals surface area contributed by atoms with Crippen LogP contribution in [0.4, 0.5) is 8.78 Å². The van der Waals surface area contributed by atoms with Crippen LogP contribution >= 0.6 is 35.0 Å². The number of pyridine rings is 1. The molecule has 1 spiro atoms. The molecule has 0 bridgehead atoms. The Morgan fingerprint density at radius 3 is 2.61 bits per heavy atom. The highest BCUT2D eigenvalue weighted by molar-refractivity contribution is 8.18. The molecule has 4 atom stereocenters. The maximum absolute atomic E-state index is 15.0. The third-order valence-electron chi connectivity index (χ3n) is 10.1. The van der Waals surface area contributed by atoms with E-state index in [1.165, 1.54) is 28.8 Å². The van der Waals surface area contributed by atoms with Gasteiger partial charge in [0.15, 0.2) is 5.17 Å². The van der Waals surface area contributed by atoms with Crippen LogP contribution in [0.1, 0.15) is 63.6 Å². The Labute approximate surface area is 281 Å². The lowest BCUT2D eigenvalue weighted by atomic mass is 9.81. The molecule has 1 aromatic carbocycles. The minimum Gasteiger partial charge on any atom is -0.338 e. The number of alkyl halides is 1. The zero-order chi connectivity index (χ0) is 32.5. The van der Waals surface area contributed by atoms with Crippen LogP contribution in [0.15, 0.2) is 52.1 Å². The van der Waals surface area contributed by atoms with Crippen molar-refractivity contribution >= 4 is 51.9 Å². The van der Waals surface area contributed by atoms with Crippen molar-refractivity contribution in [1.29, 1.82) is 0 Å². The smallest absolute Gasteiger partial charge is 0.263 e. The number of hydrogen-bond acceptors (Lipinski definition) is 7. The highest BCUT2D eigenvalue weighted by Crippen LogP contribution is 2.56. The maximum atomic E-state index is 15.0. The van der Waals surface area contributed by atoms with Crippen molar-refractivity contribution in [3.8, 4) is 0 Å². The number of rotatable bonds is 6.